The normalized spacial score (nSPS) is 14.9. The summed E-state index contributed by atoms with van der Waals surface area (Å²) in [6.45, 7) is 3.06. The van der Waals surface area contributed by atoms with Gasteiger partial charge in [0.25, 0.3) is 0 Å². The van der Waals surface area contributed by atoms with Gasteiger partial charge in [0.2, 0.25) is 27.6 Å². The number of nitrogens with zero attached hydrogens (tertiary/aromatic N) is 2. The highest BCUT2D eigenvalue weighted by Crippen LogP contribution is 2.39. The minimum absolute atomic E-state index is 0.00757. The molecule has 1 aliphatic rings. The lowest BCUT2D eigenvalue weighted by molar-refractivity contribution is -0.117. The molecule has 1 aliphatic carbocycles. The molecule has 1 aromatic heterocycles. The Labute approximate surface area is 178 Å². The van der Waals surface area contributed by atoms with E-state index in [4.69, 9.17) is 4.52 Å². The van der Waals surface area contributed by atoms with E-state index in [1.54, 1.807) is 19.1 Å². The van der Waals surface area contributed by atoms with Gasteiger partial charge in [0, 0.05) is 17.2 Å². The van der Waals surface area contributed by atoms with Gasteiger partial charge in [-0.05, 0) is 56.5 Å². The first-order chi connectivity index (χ1) is 14.7. The molecule has 0 saturated heterocycles. The predicted octanol–water partition coefficient (Wildman–Crippen LogP) is 3.37. The average Bonchev–Trinajstić information content (AvgIpc) is 3.45. The second-order valence-electron chi connectivity index (χ2n) is 7.55. The van der Waals surface area contributed by atoms with Crippen molar-refractivity contribution in [3.63, 3.8) is 0 Å². The van der Waals surface area contributed by atoms with E-state index in [2.05, 4.69) is 20.2 Å². The number of carbonyl (C=O) groups is 1. The molecule has 1 fully saturated rings. The van der Waals surface area contributed by atoms with Crippen molar-refractivity contribution < 1.29 is 22.1 Å². The molecule has 1 atom stereocenters. The van der Waals surface area contributed by atoms with Crippen molar-refractivity contribution >= 4 is 21.6 Å². The molecule has 3 aromatic rings. The van der Waals surface area contributed by atoms with E-state index < -0.39 is 27.8 Å². The Kier molecular flexibility index (Phi) is 5.59. The number of sulfonamides is 1. The molecule has 0 bridgehead atoms. The number of aryl methyl sites for hydroxylation is 1. The first-order valence-corrected chi connectivity index (χ1v) is 11.2. The number of anilines is 1. The third kappa shape index (κ3) is 4.80. The number of halogens is 1. The average molecular weight is 444 g/mol. The van der Waals surface area contributed by atoms with E-state index in [0.29, 0.717) is 22.8 Å². The standard InChI is InChI=1S/C21H21FN4O4S/c1-12-6-7-15(19-24-21(30-25-19)14-8-9-14)10-18(12)31(28,29)26-13(2)20(27)23-17-5-3-4-16(22)11-17/h3-7,10-11,13-14,26H,8-9H2,1-2H3,(H,23,27)/t13-/m0/s1. The van der Waals surface area contributed by atoms with Crippen molar-refractivity contribution in [2.24, 2.45) is 0 Å². The van der Waals surface area contributed by atoms with Crippen molar-refractivity contribution in [1.82, 2.24) is 14.9 Å². The molecule has 31 heavy (non-hydrogen) atoms. The zero-order valence-corrected chi connectivity index (χ0v) is 17.7. The highest BCUT2D eigenvalue weighted by molar-refractivity contribution is 7.89. The maximum Gasteiger partial charge on any atom is 0.242 e. The fraction of sp³-hybridized carbons (Fsp3) is 0.286. The van der Waals surface area contributed by atoms with E-state index in [0.717, 1.165) is 18.9 Å². The van der Waals surface area contributed by atoms with Crippen molar-refractivity contribution in [1.29, 1.82) is 0 Å². The summed E-state index contributed by atoms with van der Waals surface area (Å²) in [6, 6.07) is 9.07. The molecule has 4 rings (SSSR count). The first-order valence-electron chi connectivity index (χ1n) is 9.76. The second-order valence-corrected chi connectivity index (χ2v) is 9.24. The summed E-state index contributed by atoms with van der Waals surface area (Å²) in [5, 5.41) is 6.44. The molecule has 2 N–H and O–H groups in total. The highest BCUT2D eigenvalue weighted by Gasteiger charge is 2.30. The van der Waals surface area contributed by atoms with Gasteiger partial charge in [-0.15, -0.1) is 0 Å². The van der Waals surface area contributed by atoms with Gasteiger partial charge in [0.05, 0.1) is 10.9 Å². The van der Waals surface area contributed by atoms with E-state index in [9.17, 15) is 17.6 Å². The lowest BCUT2D eigenvalue weighted by Crippen LogP contribution is -2.41. The molecule has 1 saturated carbocycles. The SMILES string of the molecule is Cc1ccc(-c2noc(C3CC3)n2)cc1S(=O)(=O)N[C@@H](C)C(=O)Nc1cccc(F)c1. The third-order valence-corrected chi connectivity index (χ3v) is 6.60. The molecule has 8 nitrogen and oxygen atoms in total. The van der Waals surface area contributed by atoms with Crippen LogP contribution >= 0.6 is 0 Å². The number of nitrogens with one attached hydrogen (secondary N) is 2. The van der Waals surface area contributed by atoms with Gasteiger partial charge in [-0.2, -0.15) is 9.71 Å². The van der Waals surface area contributed by atoms with Crippen molar-refractivity contribution in [3.05, 3.63) is 59.7 Å². The highest BCUT2D eigenvalue weighted by atomic mass is 32.2. The topological polar surface area (TPSA) is 114 Å². The summed E-state index contributed by atoms with van der Waals surface area (Å²) in [5.74, 6) is 0.0324. The summed E-state index contributed by atoms with van der Waals surface area (Å²) in [6.07, 6.45) is 2.02. The monoisotopic (exact) mass is 444 g/mol. The van der Waals surface area contributed by atoms with E-state index >= 15 is 0 Å². The van der Waals surface area contributed by atoms with Crippen LogP contribution in [0.2, 0.25) is 0 Å². The Morgan fingerprint density at radius 1 is 1.23 bits per heavy atom. The Balaban J connectivity index is 1.52. The molecule has 162 valence electrons. The number of aromatic nitrogens is 2. The van der Waals surface area contributed by atoms with Gasteiger partial charge in [0.15, 0.2) is 0 Å². The van der Waals surface area contributed by atoms with Crippen LogP contribution in [0.4, 0.5) is 10.1 Å². The molecule has 0 aliphatic heterocycles. The van der Waals surface area contributed by atoms with Crippen LogP contribution in [0.5, 0.6) is 0 Å². The lowest BCUT2D eigenvalue weighted by atomic mass is 10.1. The Bertz CT molecular complexity index is 1240. The molecule has 1 heterocycles. The minimum Gasteiger partial charge on any atom is -0.339 e. The Hall–Kier alpha value is -3.11. The van der Waals surface area contributed by atoms with Crippen LogP contribution in [0.15, 0.2) is 51.9 Å². The maximum atomic E-state index is 13.3. The van der Waals surface area contributed by atoms with Crippen LogP contribution in [-0.2, 0) is 14.8 Å². The van der Waals surface area contributed by atoms with Gasteiger partial charge in [-0.3, -0.25) is 4.79 Å². The largest absolute Gasteiger partial charge is 0.339 e. The van der Waals surface area contributed by atoms with Crippen molar-refractivity contribution in [3.8, 4) is 11.4 Å². The van der Waals surface area contributed by atoms with Crippen LogP contribution in [0.1, 0.15) is 37.1 Å². The van der Waals surface area contributed by atoms with Crippen molar-refractivity contribution in [2.75, 3.05) is 5.32 Å². The van der Waals surface area contributed by atoms with E-state index in [1.807, 2.05) is 0 Å². The zero-order chi connectivity index (χ0) is 22.2. The summed E-state index contributed by atoms with van der Waals surface area (Å²) in [7, 11) is -4.03. The molecular weight excluding hydrogens is 423 g/mol. The predicted molar refractivity (Wildman–Crippen MR) is 111 cm³/mol. The third-order valence-electron chi connectivity index (χ3n) is 4.92. The van der Waals surface area contributed by atoms with E-state index in [1.165, 1.54) is 31.2 Å². The quantitative estimate of drug-likeness (QED) is 0.578. The number of rotatable bonds is 7. The van der Waals surface area contributed by atoms with Gasteiger partial charge < -0.3 is 9.84 Å². The number of hydrogen-bond acceptors (Lipinski definition) is 6. The molecule has 0 unspecified atom stereocenters. The molecule has 0 radical (unpaired) electrons. The van der Waals surface area contributed by atoms with Gasteiger partial charge in [-0.1, -0.05) is 23.4 Å². The minimum atomic E-state index is -4.03. The second kappa shape index (κ2) is 8.20. The van der Waals surface area contributed by atoms with Crippen LogP contribution in [0, 0.1) is 12.7 Å². The maximum absolute atomic E-state index is 13.3. The van der Waals surface area contributed by atoms with Gasteiger partial charge in [-0.25, -0.2) is 12.8 Å². The number of amides is 1. The Morgan fingerprint density at radius 2 is 2.00 bits per heavy atom. The lowest BCUT2D eigenvalue weighted by Gasteiger charge is -2.16. The van der Waals surface area contributed by atoms with E-state index in [-0.39, 0.29) is 16.5 Å². The molecular formula is C21H21FN4O4S. The zero-order valence-electron chi connectivity index (χ0n) is 16.9. The summed E-state index contributed by atoms with van der Waals surface area (Å²) >= 11 is 0. The summed E-state index contributed by atoms with van der Waals surface area (Å²) < 4.78 is 46.9. The molecule has 10 heteroatoms. The fourth-order valence-electron chi connectivity index (χ4n) is 3.04. The smallest absolute Gasteiger partial charge is 0.242 e. The van der Waals surface area contributed by atoms with Crippen LogP contribution in [0.3, 0.4) is 0 Å². The molecule has 0 spiro atoms. The summed E-state index contributed by atoms with van der Waals surface area (Å²) in [4.78, 5) is 16.7. The number of hydrogen-bond donors (Lipinski definition) is 2. The van der Waals surface area contributed by atoms with Crippen LogP contribution < -0.4 is 10.0 Å². The molecule has 2 aromatic carbocycles. The fourth-order valence-corrected chi connectivity index (χ4v) is 4.52. The van der Waals surface area contributed by atoms with Crippen LogP contribution in [0.25, 0.3) is 11.4 Å². The Morgan fingerprint density at radius 3 is 2.71 bits per heavy atom. The van der Waals surface area contributed by atoms with Crippen molar-refractivity contribution in [2.45, 2.75) is 43.5 Å². The van der Waals surface area contributed by atoms with Crippen LogP contribution in [-0.4, -0.2) is 30.5 Å². The number of carbonyl (C=O) groups excluding carboxylic acids is 1. The summed E-state index contributed by atoms with van der Waals surface area (Å²) in [5.41, 5.74) is 1.23. The number of benzene rings is 2. The van der Waals surface area contributed by atoms with Gasteiger partial charge in [0.1, 0.15) is 5.82 Å². The molecule has 1 amide bonds. The first kappa shape index (κ1) is 21.1. The van der Waals surface area contributed by atoms with Gasteiger partial charge >= 0.3 is 0 Å².